The number of likely N-dealkylation sites (tertiary alicyclic amines) is 1. The van der Waals surface area contributed by atoms with Crippen LogP contribution in [-0.2, 0) is 20.9 Å². The van der Waals surface area contributed by atoms with E-state index in [-0.39, 0.29) is 36.7 Å². The van der Waals surface area contributed by atoms with E-state index in [0.29, 0.717) is 0 Å². The number of amides is 3. The number of rotatable bonds is 7. The third-order valence-corrected chi connectivity index (χ3v) is 5.48. The maximum absolute atomic E-state index is 13.2. The molecule has 1 aliphatic heterocycles. The second-order valence-corrected chi connectivity index (χ2v) is 9.55. The average molecular weight is 514 g/mol. The first kappa shape index (κ1) is 27.3. The van der Waals surface area contributed by atoms with Crippen LogP contribution >= 0.6 is 0 Å². The summed E-state index contributed by atoms with van der Waals surface area (Å²) in [7, 11) is 1.38. The van der Waals surface area contributed by atoms with E-state index in [1.54, 1.807) is 20.8 Å². The van der Waals surface area contributed by atoms with Crippen molar-refractivity contribution in [2.45, 2.75) is 39.0 Å². The molecule has 2 aromatic carbocycles. The molecule has 1 fully saturated rings. The van der Waals surface area contributed by atoms with Gasteiger partial charge in [-0.15, -0.1) is 0 Å². The first-order valence-corrected chi connectivity index (χ1v) is 11.6. The fraction of sp³-hybridized carbons (Fsp3) is 0.385. The molecule has 3 amide bonds. The number of alkyl carbamates (subject to hydrolysis) is 1. The second-order valence-electron chi connectivity index (χ2n) is 9.55. The third-order valence-electron chi connectivity index (χ3n) is 5.48. The summed E-state index contributed by atoms with van der Waals surface area (Å²) in [6.45, 7) is 5.21. The Morgan fingerprint density at radius 2 is 1.76 bits per heavy atom. The average Bonchev–Trinajstić information content (AvgIpc) is 3.26. The van der Waals surface area contributed by atoms with E-state index in [9.17, 15) is 24.3 Å². The molecule has 0 radical (unpaired) electrons. The van der Waals surface area contributed by atoms with E-state index < -0.39 is 41.6 Å². The summed E-state index contributed by atoms with van der Waals surface area (Å²) in [6.07, 6.45) is -1.37. The van der Waals surface area contributed by atoms with Crippen LogP contribution in [0.1, 0.15) is 36.7 Å². The number of nitrogens with zero attached hydrogens (tertiary/aromatic N) is 1. The molecular formula is C26H31N3O8. The summed E-state index contributed by atoms with van der Waals surface area (Å²) in [5.74, 6) is -2.33. The maximum Gasteiger partial charge on any atom is 0.410 e. The number of benzene rings is 2. The van der Waals surface area contributed by atoms with Gasteiger partial charge in [0.05, 0.1) is 24.6 Å². The Bertz CT molecular complexity index is 1150. The van der Waals surface area contributed by atoms with Gasteiger partial charge in [-0.1, -0.05) is 30.3 Å². The van der Waals surface area contributed by atoms with Crippen LogP contribution in [0.15, 0.2) is 48.5 Å². The van der Waals surface area contributed by atoms with Crippen molar-refractivity contribution >= 4 is 29.8 Å². The minimum absolute atomic E-state index is 0.0198. The number of hydrogen-bond donors (Lipinski definition) is 3. The smallest absolute Gasteiger partial charge is 0.410 e. The summed E-state index contributed by atoms with van der Waals surface area (Å²) in [5.41, 5.74) is 0.169. The normalized spacial score (nSPS) is 17.0. The van der Waals surface area contributed by atoms with Crippen LogP contribution in [0.2, 0.25) is 0 Å². The van der Waals surface area contributed by atoms with Crippen LogP contribution < -0.4 is 15.4 Å². The first-order chi connectivity index (χ1) is 17.4. The van der Waals surface area contributed by atoms with Gasteiger partial charge in [-0.25, -0.2) is 14.4 Å². The minimum Gasteiger partial charge on any atom is -0.497 e. The van der Waals surface area contributed by atoms with Gasteiger partial charge in [-0.2, -0.15) is 0 Å². The van der Waals surface area contributed by atoms with Gasteiger partial charge in [0, 0.05) is 24.8 Å². The number of hydrogen-bond acceptors (Lipinski definition) is 7. The Morgan fingerprint density at radius 3 is 2.38 bits per heavy atom. The Balaban J connectivity index is 1.75. The first-order valence-electron chi connectivity index (χ1n) is 11.6. The van der Waals surface area contributed by atoms with Crippen LogP contribution in [0.5, 0.6) is 5.75 Å². The van der Waals surface area contributed by atoms with Crippen LogP contribution in [0.25, 0.3) is 0 Å². The van der Waals surface area contributed by atoms with E-state index in [1.165, 1.54) is 30.2 Å². The maximum atomic E-state index is 13.2. The number of ether oxygens (including phenoxy) is 3. The van der Waals surface area contributed by atoms with E-state index in [2.05, 4.69) is 10.6 Å². The predicted molar refractivity (Wildman–Crippen MR) is 133 cm³/mol. The van der Waals surface area contributed by atoms with Gasteiger partial charge in [0.1, 0.15) is 18.0 Å². The molecule has 0 aromatic heterocycles. The number of carbonyl (C=O) groups excluding carboxylic acids is 3. The zero-order chi connectivity index (χ0) is 27.2. The van der Waals surface area contributed by atoms with Gasteiger partial charge in [-0.05, 0) is 38.5 Å². The molecule has 2 unspecified atom stereocenters. The summed E-state index contributed by atoms with van der Waals surface area (Å²) >= 11 is 0. The lowest BCUT2D eigenvalue weighted by molar-refractivity contribution is -0.119. The fourth-order valence-electron chi connectivity index (χ4n) is 3.75. The molecule has 3 N–H and O–H groups in total. The molecule has 2 aromatic rings. The Kier molecular flexibility index (Phi) is 8.59. The Hall–Kier alpha value is -4.28. The lowest BCUT2D eigenvalue weighted by Crippen LogP contribution is -2.44. The lowest BCUT2D eigenvalue weighted by atomic mass is 10.0. The largest absolute Gasteiger partial charge is 0.497 e. The Labute approximate surface area is 214 Å². The van der Waals surface area contributed by atoms with Gasteiger partial charge in [0.25, 0.3) is 0 Å². The SMILES string of the molecule is COc1cc(NC(=O)C2CN(C(=O)OC(C)(C)C)CC2NC(=O)OCc2ccccc2)cc(C(=O)O)c1. The molecule has 0 spiro atoms. The number of nitrogens with one attached hydrogen (secondary N) is 2. The second kappa shape index (κ2) is 11.6. The summed E-state index contributed by atoms with van der Waals surface area (Å²) < 4.78 is 15.8. The number of anilines is 1. The van der Waals surface area contributed by atoms with Crippen LogP contribution in [-0.4, -0.2) is 65.9 Å². The van der Waals surface area contributed by atoms with Crippen molar-refractivity contribution in [2.75, 3.05) is 25.5 Å². The van der Waals surface area contributed by atoms with Crippen molar-refractivity contribution < 1.29 is 38.5 Å². The van der Waals surface area contributed by atoms with Crippen molar-refractivity contribution in [3.63, 3.8) is 0 Å². The molecular weight excluding hydrogens is 482 g/mol. The zero-order valence-electron chi connectivity index (χ0n) is 21.1. The minimum atomic E-state index is -1.19. The number of aromatic carboxylic acids is 1. The monoisotopic (exact) mass is 513 g/mol. The van der Waals surface area contributed by atoms with Crippen LogP contribution in [0.3, 0.4) is 0 Å². The lowest BCUT2D eigenvalue weighted by Gasteiger charge is -2.24. The highest BCUT2D eigenvalue weighted by molar-refractivity contribution is 5.96. The highest BCUT2D eigenvalue weighted by Gasteiger charge is 2.42. The highest BCUT2D eigenvalue weighted by Crippen LogP contribution is 2.25. The van der Waals surface area contributed by atoms with E-state index in [4.69, 9.17) is 14.2 Å². The molecule has 198 valence electrons. The molecule has 0 saturated carbocycles. The van der Waals surface area contributed by atoms with Gasteiger partial charge < -0.3 is 34.9 Å². The van der Waals surface area contributed by atoms with Crippen LogP contribution in [0, 0.1) is 5.92 Å². The van der Waals surface area contributed by atoms with Crippen molar-refractivity contribution in [2.24, 2.45) is 5.92 Å². The number of methoxy groups -OCH3 is 1. The molecule has 0 aliphatic carbocycles. The van der Waals surface area contributed by atoms with Crippen molar-refractivity contribution in [3.8, 4) is 5.75 Å². The van der Waals surface area contributed by atoms with Gasteiger partial charge in [-0.3, -0.25) is 4.79 Å². The summed E-state index contributed by atoms with van der Waals surface area (Å²) in [4.78, 5) is 51.2. The van der Waals surface area contributed by atoms with Crippen LogP contribution in [0.4, 0.5) is 15.3 Å². The number of carboxylic acid groups (broad SMARTS) is 1. The fourth-order valence-corrected chi connectivity index (χ4v) is 3.75. The molecule has 0 bridgehead atoms. The van der Waals surface area contributed by atoms with E-state index in [0.717, 1.165) is 5.56 Å². The summed E-state index contributed by atoms with van der Waals surface area (Å²) in [6, 6.07) is 12.4. The van der Waals surface area contributed by atoms with E-state index in [1.807, 2.05) is 30.3 Å². The standard InChI is InChI=1S/C26H31N3O8/c1-26(2,3)37-25(34)29-13-20(21(14-29)28-24(33)36-15-16-8-6-5-7-9-16)22(30)27-18-10-17(23(31)32)11-19(12-18)35-4/h5-12,20-21H,13-15H2,1-4H3,(H,27,30)(H,28,33)(H,31,32). The highest BCUT2D eigenvalue weighted by atomic mass is 16.6. The Morgan fingerprint density at radius 1 is 1.05 bits per heavy atom. The van der Waals surface area contributed by atoms with Crippen molar-refractivity contribution in [3.05, 3.63) is 59.7 Å². The molecule has 1 aliphatic rings. The molecule has 1 heterocycles. The molecule has 1 saturated heterocycles. The van der Waals surface area contributed by atoms with Gasteiger partial charge >= 0.3 is 18.2 Å². The van der Waals surface area contributed by atoms with E-state index >= 15 is 0 Å². The molecule has 11 nitrogen and oxygen atoms in total. The predicted octanol–water partition coefficient (Wildman–Crippen LogP) is 3.49. The van der Waals surface area contributed by atoms with Gasteiger partial charge in [0.2, 0.25) is 5.91 Å². The zero-order valence-corrected chi connectivity index (χ0v) is 21.1. The topological polar surface area (TPSA) is 144 Å². The summed E-state index contributed by atoms with van der Waals surface area (Å²) in [5, 5.41) is 14.7. The van der Waals surface area contributed by atoms with Gasteiger partial charge in [0.15, 0.2) is 0 Å². The number of carbonyl (C=O) groups is 4. The molecule has 2 atom stereocenters. The third kappa shape index (κ3) is 7.86. The molecule has 37 heavy (non-hydrogen) atoms. The van der Waals surface area contributed by atoms with Crippen molar-refractivity contribution in [1.82, 2.24) is 10.2 Å². The number of carboxylic acids is 1. The molecule has 3 rings (SSSR count). The van der Waals surface area contributed by atoms with Crippen molar-refractivity contribution in [1.29, 1.82) is 0 Å². The quantitative estimate of drug-likeness (QED) is 0.510. The molecule has 11 heteroatoms.